The summed E-state index contributed by atoms with van der Waals surface area (Å²) in [7, 11) is 0. The maximum Gasteiger partial charge on any atom is 0.140 e. The lowest BCUT2D eigenvalue weighted by Gasteiger charge is -2.14. The first kappa shape index (κ1) is 14.4. The average Bonchev–Trinajstić information content (AvgIpc) is 2.31. The lowest BCUT2D eigenvalue weighted by atomic mass is 10.2. The van der Waals surface area contributed by atoms with Crippen LogP contribution in [0.15, 0.2) is 24.4 Å². The van der Waals surface area contributed by atoms with Gasteiger partial charge in [0.15, 0.2) is 0 Å². The number of anilines is 1. The minimum atomic E-state index is 0.387. The van der Waals surface area contributed by atoms with Crippen LogP contribution in [0, 0.1) is 13.8 Å². The molecule has 0 aliphatic rings. The second-order valence-corrected chi connectivity index (χ2v) is 5.07. The summed E-state index contributed by atoms with van der Waals surface area (Å²) < 4.78 is 1.07. The van der Waals surface area contributed by atoms with Crippen LogP contribution < -0.4 is 10.9 Å². The molecule has 94 valence electrons. The first-order valence-corrected chi connectivity index (χ1v) is 7.31. The molecule has 0 fully saturated rings. The van der Waals surface area contributed by atoms with E-state index < -0.39 is 0 Å². The maximum atomic E-state index is 4.31. The molecule has 0 saturated heterocycles. The highest BCUT2D eigenvalue weighted by Gasteiger charge is 2.00. The summed E-state index contributed by atoms with van der Waals surface area (Å²) in [4.78, 5) is 4.31. The van der Waals surface area contributed by atoms with Gasteiger partial charge in [0.1, 0.15) is 5.82 Å². The average molecular weight is 345 g/mol. The maximum absolute atomic E-state index is 4.31. The molecule has 0 aromatic carbocycles. The Morgan fingerprint density at radius 2 is 2.12 bits per heavy atom. The molecular formula is C13H20IN3. The van der Waals surface area contributed by atoms with Gasteiger partial charge in [-0.1, -0.05) is 34.7 Å². The van der Waals surface area contributed by atoms with Crippen LogP contribution in [0.5, 0.6) is 0 Å². The molecule has 0 unspecified atom stereocenters. The number of rotatable bonds is 6. The first-order valence-electron chi connectivity index (χ1n) is 5.79. The van der Waals surface area contributed by atoms with Gasteiger partial charge in [0.2, 0.25) is 0 Å². The number of pyridine rings is 1. The molecule has 0 aliphatic heterocycles. The number of alkyl halides is 1. The highest BCUT2D eigenvalue weighted by molar-refractivity contribution is 14.1. The fraction of sp³-hybridized carbons (Fsp3) is 0.462. The number of aromatic nitrogens is 1. The van der Waals surface area contributed by atoms with E-state index in [-0.39, 0.29) is 0 Å². The van der Waals surface area contributed by atoms with E-state index in [9.17, 15) is 0 Å². The Kier molecular flexibility index (Phi) is 6.50. The number of hydrogen-bond acceptors (Lipinski definition) is 3. The number of allylic oxidation sites excluding steroid dienone is 1. The van der Waals surface area contributed by atoms with Crippen molar-refractivity contribution in [2.75, 3.05) is 9.85 Å². The van der Waals surface area contributed by atoms with Gasteiger partial charge in [-0.2, -0.15) is 0 Å². The normalized spacial score (nSPS) is 12.9. The zero-order chi connectivity index (χ0) is 12.7. The lowest BCUT2D eigenvalue weighted by Crippen LogP contribution is -2.31. The molecule has 1 heterocycles. The van der Waals surface area contributed by atoms with Gasteiger partial charge in [0.25, 0.3) is 0 Å². The van der Waals surface area contributed by atoms with Crippen LogP contribution >= 0.6 is 22.6 Å². The van der Waals surface area contributed by atoms with Gasteiger partial charge in [-0.05, 0) is 44.4 Å². The van der Waals surface area contributed by atoms with Crippen LogP contribution in [0.4, 0.5) is 5.82 Å². The van der Waals surface area contributed by atoms with Crippen LogP contribution in [0.2, 0.25) is 0 Å². The molecule has 1 aromatic heterocycles. The summed E-state index contributed by atoms with van der Waals surface area (Å²) in [5.41, 5.74) is 8.85. The number of nitrogens with one attached hydrogen (secondary N) is 2. The quantitative estimate of drug-likeness (QED) is 0.359. The molecule has 4 heteroatoms. The summed E-state index contributed by atoms with van der Waals surface area (Å²) in [5, 5.41) is 0. The van der Waals surface area contributed by atoms with Crippen LogP contribution in [0.1, 0.15) is 24.5 Å². The Labute approximate surface area is 117 Å². The van der Waals surface area contributed by atoms with Crippen molar-refractivity contribution in [3.05, 3.63) is 35.5 Å². The number of aryl methyl sites for hydroxylation is 2. The molecule has 0 bridgehead atoms. The summed E-state index contributed by atoms with van der Waals surface area (Å²) in [6.07, 6.45) is 7.27. The molecular weight excluding hydrogens is 325 g/mol. The molecule has 1 atom stereocenters. The van der Waals surface area contributed by atoms with Gasteiger partial charge in [-0.15, -0.1) is 0 Å². The van der Waals surface area contributed by atoms with Gasteiger partial charge in [0, 0.05) is 16.7 Å². The molecule has 17 heavy (non-hydrogen) atoms. The fourth-order valence-electron chi connectivity index (χ4n) is 1.31. The van der Waals surface area contributed by atoms with Crippen molar-refractivity contribution in [1.29, 1.82) is 0 Å². The zero-order valence-electron chi connectivity index (χ0n) is 10.6. The topological polar surface area (TPSA) is 37.0 Å². The monoisotopic (exact) mass is 345 g/mol. The van der Waals surface area contributed by atoms with Gasteiger partial charge in [-0.3, -0.25) is 0 Å². The van der Waals surface area contributed by atoms with Crippen molar-refractivity contribution in [2.45, 2.75) is 33.2 Å². The molecule has 0 aliphatic carbocycles. The van der Waals surface area contributed by atoms with Gasteiger partial charge in [0.05, 0.1) is 0 Å². The molecule has 1 aromatic rings. The van der Waals surface area contributed by atoms with E-state index in [2.05, 4.69) is 77.4 Å². The van der Waals surface area contributed by atoms with Gasteiger partial charge >= 0.3 is 0 Å². The lowest BCUT2D eigenvalue weighted by molar-refractivity contribution is 0.610. The van der Waals surface area contributed by atoms with Crippen LogP contribution in [0.3, 0.4) is 0 Å². The summed E-state index contributed by atoms with van der Waals surface area (Å²) in [6, 6.07) is 2.44. The van der Waals surface area contributed by atoms with E-state index in [0.717, 1.165) is 16.7 Å². The highest BCUT2D eigenvalue weighted by Crippen LogP contribution is 2.09. The third-order valence-corrected chi connectivity index (χ3v) is 3.07. The minimum Gasteiger partial charge on any atom is -0.306 e. The zero-order valence-corrected chi connectivity index (χ0v) is 12.8. The predicted molar refractivity (Wildman–Crippen MR) is 82.6 cm³/mol. The van der Waals surface area contributed by atoms with Crippen molar-refractivity contribution in [3.63, 3.8) is 0 Å². The summed E-state index contributed by atoms with van der Waals surface area (Å²) >= 11 is 2.34. The number of hydrogen-bond donors (Lipinski definition) is 2. The van der Waals surface area contributed by atoms with Crippen molar-refractivity contribution in [1.82, 2.24) is 10.4 Å². The van der Waals surface area contributed by atoms with E-state index in [4.69, 9.17) is 0 Å². The Bertz CT molecular complexity index is 377. The van der Waals surface area contributed by atoms with Gasteiger partial charge < -0.3 is 5.43 Å². The SMILES string of the molecule is Cc1cnc(NN[C@H](C)C/C=C\CI)cc1C. The second-order valence-electron chi connectivity index (χ2n) is 4.19. The molecule has 0 spiro atoms. The van der Waals surface area contributed by atoms with Crippen LogP contribution in [0.25, 0.3) is 0 Å². The third-order valence-electron chi connectivity index (χ3n) is 2.56. The molecule has 0 radical (unpaired) electrons. The summed E-state index contributed by atoms with van der Waals surface area (Å²) in [6.45, 7) is 6.30. The van der Waals surface area contributed by atoms with Crippen molar-refractivity contribution >= 4 is 28.4 Å². The minimum absolute atomic E-state index is 0.387. The van der Waals surface area contributed by atoms with Crippen LogP contribution in [-0.2, 0) is 0 Å². The Balaban J connectivity index is 2.39. The van der Waals surface area contributed by atoms with E-state index in [1.54, 1.807) is 0 Å². The van der Waals surface area contributed by atoms with Crippen molar-refractivity contribution in [3.8, 4) is 0 Å². The van der Waals surface area contributed by atoms with Crippen LogP contribution in [-0.4, -0.2) is 15.5 Å². The Morgan fingerprint density at radius 1 is 1.35 bits per heavy atom. The third kappa shape index (κ3) is 5.50. The fourth-order valence-corrected chi connectivity index (χ4v) is 1.67. The molecule has 0 amide bonds. The number of halogens is 1. The Hall–Kier alpha value is -0.620. The largest absolute Gasteiger partial charge is 0.306 e. The van der Waals surface area contributed by atoms with E-state index in [1.165, 1.54) is 11.1 Å². The molecule has 0 saturated carbocycles. The number of nitrogens with zero attached hydrogens (tertiary/aromatic N) is 1. The molecule has 2 N–H and O–H groups in total. The molecule has 3 nitrogen and oxygen atoms in total. The van der Waals surface area contributed by atoms with Crippen molar-refractivity contribution < 1.29 is 0 Å². The predicted octanol–water partition coefficient (Wildman–Crippen LogP) is 3.38. The highest BCUT2D eigenvalue weighted by atomic mass is 127. The molecule has 1 rings (SSSR count). The van der Waals surface area contributed by atoms with E-state index in [1.807, 2.05) is 6.20 Å². The smallest absolute Gasteiger partial charge is 0.140 e. The van der Waals surface area contributed by atoms with Gasteiger partial charge in [-0.25, -0.2) is 10.4 Å². The van der Waals surface area contributed by atoms with E-state index >= 15 is 0 Å². The van der Waals surface area contributed by atoms with E-state index in [0.29, 0.717) is 6.04 Å². The summed E-state index contributed by atoms with van der Waals surface area (Å²) in [5.74, 6) is 0.873. The standard InChI is InChI=1S/C13H20IN3/c1-10-8-13(15-9-11(10)2)17-16-12(3)6-4-5-7-14/h4-5,8-9,12,16H,6-7H2,1-3H3,(H,15,17)/b5-4-/t12-/m1/s1. The Morgan fingerprint density at radius 3 is 2.76 bits per heavy atom. The van der Waals surface area contributed by atoms with Crippen molar-refractivity contribution in [2.24, 2.45) is 0 Å². The number of hydrazine groups is 1. The first-order chi connectivity index (χ1) is 8.13. The second kappa shape index (κ2) is 7.66.